The van der Waals surface area contributed by atoms with Gasteiger partial charge in [0, 0.05) is 36.9 Å². The van der Waals surface area contributed by atoms with E-state index in [1.807, 2.05) is 24.0 Å². The topological polar surface area (TPSA) is 72.9 Å². The lowest BCUT2D eigenvalue weighted by atomic mass is 10.1. The summed E-state index contributed by atoms with van der Waals surface area (Å²) in [6.45, 7) is 4.15. The van der Waals surface area contributed by atoms with E-state index < -0.39 is 12.0 Å². The van der Waals surface area contributed by atoms with Crippen molar-refractivity contribution in [3.8, 4) is 0 Å². The minimum atomic E-state index is -0.746. The van der Waals surface area contributed by atoms with Gasteiger partial charge in [-0.15, -0.1) is 0 Å². The molecule has 0 bridgehead atoms. The van der Waals surface area contributed by atoms with Gasteiger partial charge in [0.1, 0.15) is 6.04 Å². The quantitative estimate of drug-likeness (QED) is 0.874. The van der Waals surface area contributed by atoms with E-state index in [0.717, 1.165) is 18.4 Å². The Morgan fingerprint density at radius 1 is 1.25 bits per heavy atom. The smallest absolute Gasteiger partial charge is 0.321 e. The van der Waals surface area contributed by atoms with Crippen LogP contribution in [0.1, 0.15) is 18.4 Å². The molecular formula is C17H22ClN3O3. The number of rotatable bonds is 4. The first-order valence-electron chi connectivity index (χ1n) is 8.24. The van der Waals surface area contributed by atoms with Gasteiger partial charge in [0.15, 0.2) is 0 Å². The highest BCUT2D eigenvalue weighted by Gasteiger charge is 2.41. The van der Waals surface area contributed by atoms with Crippen LogP contribution in [0.2, 0.25) is 5.02 Å². The summed E-state index contributed by atoms with van der Waals surface area (Å²) in [5.74, 6) is -0.470. The number of carboxylic acids is 1. The Morgan fingerprint density at radius 3 is 2.46 bits per heavy atom. The molecule has 2 N–H and O–H groups in total. The summed E-state index contributed by atoms with van der Waals surface area (Å²) in [6.07, 6.45) is 1.98. The maximum absolute atomic E-state index is 12.4. The molecule has 7 heteroatoms. The highest BCUT2D eigenvalue weighted by Crippen LogP contribution is 2.35. The van der Waals surface area contributed by atoms with Crippen molar-refractivity contribution in [3.05, 3.63) is 28.8 Å². The third-order valence-electron chi connectivity index (χ3n) is 4.74. The van der Waals surface area contributed by atoms with E-state index in [2.05, 4.69) is 5.32 Å². The molecule has 2 aliphatic rings. The first-order valence-corrected chi connectivity index (χ1v) is 8.62. The van der Waals surface area contributed by atoms with Gasteiger partial charge in [0.05, 0.1) is 0 Å². The molecular weight excluding hydrogens is 330 g/mol. The van der Waals surface area contributed by atoms with Crippen molar-refractivity contribution in [2.45, 2.75) is 25.8 Å². The number of urea groups is 1. The molecule has 3 rings (SSSR count). The number of carboxylic acid groups (broad SMARTS) is 1. The summed E-state index contributed by atoms with van der Waals surface area (Å²) < 4.78 is 0. The lowest BCUT2D eigenvalue weighted by Crippen LogP contribution is -2.55. The first kappa shape index (κ1) is 17.0. The summed E-state index contributed by atoms with van der Waals surface area (Å²) >= 11 is 6.08. The van der Waals surface area contributed by atoms with Crippen LogP contribution in [0, 0.1) is 12.8 Å². The maximum atomic E-state index is 12.4. The zero-order chi connectivity index (χ0) is 17.3. The number of nitrogens with zero attached hydrogens (tertiary/aromatic N) is 2. The summed E-state index contributed by atoms with van der Waals surface area (Å²) in [5, 5.41) is 12.9. The molecule has 24 heavy (non-hydrogen) atoms. The van der Waals surface area contributed by atoms with Crippen molar-refractivity contribution >= 4 is 29.3 Å². The number of hydrogen-bond acceptors (Lipinski definition) is 3. The fraction of sp³-hybridized carbons (Fsp3) is 0.529. The molecule has 2 fully saturated rings. The first-order chi connectivity index (χ1) is 11.5. The molecule has 2 amide bonds. The van der Waals surface area contributed by atoms with Gasteiger partial charge in [-0.25, -0.2) is 4.79 Å². The summed E-state index contributed by atoms with van der Waals surface area (Å²) in [4.78, 5) is 27.5. The second-order valence-corrected chi connectivity index (χ2v) is 6.94. The number of benzene rings is 1. The van der Waals surface area contributed by atoms with Gasteiger partial charge in [-0.05, 0) is 43.4 Å². The molecule has 1 atom stereocenters. The molecule has 6 nitrogen and oxygen atoms in total. The molecule has 1 aliphatic carbocycles. The predicted octanol–water partition coefficient (Wildman–Crippen LogP) is 2.66. The highest BCUT2D eigenvalue weighted by atomic mass is 35.5. The van der Waals surface area contributed by atoms with E-state index in [9.17, 15) is 14.7 Å². The Bertz CT molecular complexity index is 640. The summed E-state index contributed by atoms with van der Waals surface area (Å²) in [7, 11) is 0. The van der Waals surface area contributed by atoms with E-state index >= 15 is 0 Å². The number of hydrogen-bond donors (Lipinski definition) is 2. The maximum Gasteiger partial charge on any atom is 0.321 e. The molecule has 0 aromatic heterocycles. The monoisotopic (exact) mass is 351 g/mol. The van der Waals surface area contributed by atoms with Gasteiger partial charge < -0.3 is 15.3 Å². The van der Waals surface area contributed by atoms with E-state index in [4.69, 9.17) is 11.6 Å². The van der Waals surface area contributed by atoms with Crippen LogP contribution in [0.15, 0.2) is 18.2 Å². The molecule has 0 spiro atoms. The predicted molar refractivity (Wildman–Crippen MR) is 92.5 cm³/mol. The van der Waals surface area contributed by atoms with Crippen LogP contribution in [0.3, 0.4) is 0 Å². The Morgan fingerprint density at radius 2 is 1.92 bits per heavy atom. The van der Waals surface area contributed by atoms with E-state index in [1.165, 1.54) is 0 Å². The van der Waals surface area contributed by atoms with Crippen LogP contribution >= 0.6 is 11.6 Å². The lowest BCUT2D eigenvalue weighted by molar-refractivity contribution is -0.144. The fourth-order valence-corrected chi connectivity index (χ4v) is 3.32. The normalized spacial score (nSPS) is 19.8. The molecule has 130 valence electrons. The average molecular weight is 352 g/mol. The Balaban J connectivity index is 1.54. The average Bonchev–Trinajstić information content (AvgIpc) is 3.36. The van der Waals surface area contributed by atoms with Gasteiger partial charge in [-0.1, -0.05) is 17.7 Å². The Labute approximate surface area is 146 Å². The van der Waals surface area contributed by atoms with Crippen LogP contribution in [-0.2, 0) is 4.79 Å². The number of anilines is 1. The highest BCUT2D eigenvalue weighted by molar-refractivity contribution is 6.31. The van der Waals surface area contributed by atoms with Gasteiger partial charge in [0.2, 0.25) is 0 Å². The van der Waals surface area contributed by atoms with Gasteiger partial charge in [-0.2, -0.15) is 0 Å². The van der Waals surface area contributed by atoms with Crippen molar-refractivity contribution < 1.29 is 14.7 Å². The van der Waals surface area contributed by atoms with Crippen LogP contribution in [-0.4, -0.2) is 59.1 Å². The van der Waals surface area contributed by atoms with Gasteiger partial charge in [-0.3, -0.25) is 9.69 Å². The minimum Gasteiger partial charge on any atom is -0.480 e. The van der Waals surface area contributed by atoms with Crippen molar-refractivity contribution in [1.29, 1.82) is 0 Å². The number of halogens is 1. The number of amides is 2. The summed E-state index contributed by atoms with van der Waals surface area (Å²) in [5.41, 5.74) is 1.63. The van der Waals surface area contributed by atoms with Crippen molar-refractivity contribution in [3.63, 3.8) is 0 Å². The third kappa shape index (κ3) is 3.82. The van der Waals surface area contributed by atoms with E-state index in [1.54, 1.807) is 11.0 Å². The van der Waals surface area contributed by atoms with Gasteiger partial charge >= 0.3 is 12.0 Å². The molecule has 1 aliphatic heterocycles. The molecule has 1 saturated carbocycles. The zero-order valence-corrected chi connectivity index (χ0v) is 14.4. The van der Waals surface area contributed by atoms with Crippen LogP contribution in [0.5, 0.6) is 0 Å². The molecule has 0 radical (unpaired) electrons. The second-order valence-electron chi connectivity index (χ2n) is 6.54. The number of aryl methyl sites for hydroxylation is 1. The van der Waals surface area contributed by atoms with Crippen LogP contribution < -0.4 is 5.32 Å². The number of aliphatic carboxylic acids is 1. The SMILES string of the molecule is Cc1ccc(NC(=O)N2CCN(C(C(=O)O)C3CC3)CC2)cc1Cl. The van der Waals surface area contributed by atoms with Crippen molar-refractivity contribution in [2.24, 2.45) is 5.92 Å². The van der Waals surface area contributed by atoms with E-state index in [-0.39, 0.29) is 11.9 Å². The van der Waals surface area contributed by atoms with Crippen LogP contribution in [0.25, 0.3) is 0 Å². The lowest BCUT2D eigenvalue weighted by Gasteiger charge is -2.37. The number of carbonyl (C=O) groups excluding carboxylic acids is 1. The zero-order valence-electron chi connectivity index (χ0n) is 13.7. The fourth-order valence-electron chi connectivity index (χ4n) is 3.14. The standard InChI is InChI=1S/C17H22ClN3O3/c1-11-2-5-13(10-14(11)18)19-17(24)21-8-6-20(7-9-21)15(16(22)23)12-3-4-12/h2,5,10,12,15H,3-4,6-9H2,1H3,(H,19,24)(H,22,23). The summed E-state index contributed by atoms with van der Waals surface area (Å²) in [6, 6.07) is 4.85. The molecule has 1 unspecified atom stereocenters. The van der Waals surface area contributed by atoms with Crippen molar-refractivity contribution in [2.75, 3.05) is 31.5 Å². The number of carbonyl (C=O) groups is 2. The molecule has 1 aromatic rings. The largest absolute Gasteiger partial charge is 0.480 e. The number of piperazine rings is 1. The minimum absolute atomic E-state index is 0.173. The second kappa shape index (κ2) is 6.99. The third-order valence-corrected chi connectivity index (χ3v) is 5.15. The molecule has 1 aromatic carbocycles. The van der Waals surface area contributed by atoms with Gasteiger partial charge in [0.25, 0.3) is 0 Å². The van der Waals surface area contributed by atoms with E-state index in [0.29, 0.717) is 36.9 Å². The van der Waals surface area contributed by atoms with Crippen molar-refractivity contribution in [1.82, 2.24) is 9.80 Å². The Hall–Kier alpha value is -1.79. The Kier molecular flexibility index (Phi) is 4.96. The van der Waals surface area contributed by atoms with Crippen LogP contribution in [0.4, 0.5) is 10.5 Å². The molecule has 1 saturated heterocycles. The molecule has 1 heterocycles. The number of nitrogens with one attached hydrogen (secondary N) is 1.